The minimum absolute atomic E-state index is 0.0299. The number of ether oxygens (including phenoxy) is 2. The third-order valence-electron chi connectivity index (χ3n) is 3.67. The Morgan fingerprint density at radius 2 is 1.88 bits per heavy atom. The van der Waals surface area contributed by atoms with Crippen LogP contribution in [0.1, 0.15) is 40.2 Å². The fourth-order valence-corrected chi connectivity index (χ4v) is 2.77. The van der Waals surface area contributed by atoms with Crippen molar-refractivity contribution in [3.8, 4) is 22.9 Å². The van der Waals surface area contributed by atoms with E-state index in [1.807, 2.05) is 20.8 Å². The first-order chi connectivity index (χ1) is 12.1. The van der Waals surface area contributed by atoms with Crippen molar-refractivity contribution in [2.75, 3.05) is 6.61 Å². The van der Waals surface area contributed by atoms with E-state index in [1.165, 1.54) is 0 Å². The fourth-order valence-electron chi connectivity index (χ4n) is 2.56. The highest BCUT2D eigenvalue weighted by atomic mass is 79.9. The van der Waals surface area contributed by atoms with Crippen LogP contribution in [-0.4, -0.2) is 33.8 Å². The lowest BCUT2D eigenvalue weighted by atomic mass is 9.82. The lowest BCUT2D eigenvalue weighted by molar-refractivity contribution is -0.150. The zero-order valence-corrected chi connectivity index (χ0v) is 17.1. The van der Waals surface area contributed by atoms with E-state index in [9.17, 15) is 9.90 Å². The van der Waals surface area contributed by atoms with Crippen molar-refractivity contribution in [1.82, 2.24) is 9.97 Å². The monoisotopic (exact) mass is 422 g/mol. The normalized spacial score (nSPS) is 12.5. The van der Waals surface area contributed by atoms with Crippen LogP contribution in [0.4, 0.5) is 0 Å². The van der Waals surface area contributed by atoms with Crippen molar-refractivity contribution in [1.29, 1.82) is 0 Å². The standard InChI is InChI=1S/C19H23BrN2O4/c1-6-25-18(24)11(2)26-14-8-7-13(15(16(14)23)19(3,4)5)17-21-9-12(20)10-22-17/h7-11,23H,6H2,1-5H3. The molecular weight excluding hydrogens is 400 g/mol. The van der Waals surface area contributed by atoms with Gasteiger partial charge in [-0.1, -0.05) is 20.8 Å². The van der Waals surface area contributed by atoms with Gasteiger partial charge in [0, 0.05) is 23.5 Å². The molecular formula is C19H23BrN2O4. The largest absolute Gasteiger partial charge is 0.504 e. The Hall–Kier alpha value is -2.15. The molecule has 0 aliphatic rings. The van der Waals surface area contributed by atoms with Gasteiger partial charge in [0.15, 0.2) is 23.4 Å². The summed E-state index contributed by atoms with van der Waals surface area (Å²) in [4.78, 5) is 20.5. The third kappa shape index (κ3) is 4.52. The topological polar surface area (TPSA) is 81.5 Å². The number of carbonyl (C=O) groups is 1. The van der Waals surface area contributed by atoms with Crippen LogP contribution in [0.5, 0.6) is 11.5 Å². The van der Waals surface area contributed by atoms with Crippen LogP contribution < -0.4 is 4.74 Å². The maximum Gasteiger partial charge on any atom is 0.347 e. The van der Waals surface area contributed by atoms with E-state index in [4.69, 9.17) is 9.47 Å². The summed E-state index contributed by atoms with van der Waals surface area (Å²) in [7, 11) is 0. The molecule has 1 heterocycles. The summed E-state index contributed by atoms with van der Waals surface area (Å²) >= 11 is 3.32. The Labute approximate surface area is 161 Å². The highest BCUT2D eigenvalue weighted by molar-refractivity contribution is 9.10. The van der Waals surface area contributed by atoms with Crippen molar-refractivity contribution in [2.24, 2.45) is 0 Å². The van der Waals surface area contributed by atoms with E-state index in [1.54, 1.807) is 38.4 Å². The summed E-state index contributed by atoms with van der Waals surface area (Å²) in [5.41, 5.74) is 0.953. The fraction of sp³-hybridized carbons (Fsp3) is 0.421. The number of rotatable bonds is 5. The number of aromatic nitrogens is 2. The van der Waals surface area contributed by atoms with E-state index in [0.29, 0.717) is 17.0 Å². The van der Waals surface area contributed by atoms with Gasteiger partial charge in [-0.3, -0.25) is 0 Å². The number of halogens is 1. The van der Waals surface area contributed by atoms with Crippen LogP contribution in [0.25, 0.3) is 11.4 Å². The molecule has 26 heavy (non-hydrogen) atoms. The Bertz CT molecular complexity index is 785. The highest BCUT2D eigenvalue weighted by Gasteiger charge is 2.28. The van der Waals surface area contributed by atoms with E-state index in [0.717, 1.165) is 4.47 Å². The second-order valence-corrected chi connectivity index (χ2v) is 7.74. The molecule has 0 radical (unpaired) electrons. The van der Waals surface area contributed by atoms with Crippen molar-refractivity contribution in [3.05, 3.63) is 34.6 Å². The summed E-state index contributed by atoms with van der Waals surface area (Å²) in [5.74, 6) is 0.206. The number of nitrogens with zero attached hydrogens (tertiary/aromatic N) is 2. The van der Waals surface area contributed by atoms with E-state index < -0.39 is 17.5 Å². The number of phenols is 1. The van der Waals surface area contributed by atoms with Crippen LogP contribution in [0, 0.1) is 0 Å². The summed E-state index contributed by atoms with van der Waals surface area (Å²) in [6, 6.07) is 3.40. The van der Waals surface area contributed by atoms with Crippen LogP contribution in [0.3, 0.4) is 0 Å². The molecule has 1 aromatic heterocycles. The van der Waals surface area contributed by atoms with Gasteiger partial charge in [-0.25, -0.2) is 14.8 Å². The Morgan fingerprint density at radius 1 is 1.27 bits per heavy atom. The SMILES string of the molecule is CCOC(=O)C(C)Oc1ccc(-c2ncc(Br)cn2)c(C(C)(C)C)c1O. The van der Waals surface area contributed by atoms with E-state index in [-0.39, 0.29) is 18.1 Å². The Balaban J connectivity index is 2.49. The third-order valence-corrected chi connectivity index (χ3v) is 4.08. The number of aromatic hydroxyl groups is 1. The molecule has 0 amide bonds. The molecule has 7 heteroatoms. The Morgan fingerprint density at radius 3 is 2.42 bits per heavy atom. The van der Waals surface area contributed by atoms with Gasteiger partial charge in [-0.15, -0.1) is 0 Å². The Kier molecular flexibility index (Phi) is 6.23. The van der Waals surface area contributed by atoms with Crippen LogP contribution in [-0.2, 0) is 14.9 Å². The number of carbonyl (C=O) groups excluding carboxylic acids is 1. The number of benzene rings is 1. The minimum atomic E-state index is -0.830. The molecule has 1 N–H and O–H groups in total. The summed E-state index contributed by atoms with van der Waals surface area (Å²) in [6.07, 6.45) is 2.47. The lowest BCUT2D eigenvalue weighted by Gasteiger charge is -2.25. The first-order valence-corrected chi connectivity index (χ1v) is 9.12. The van der Waals surface area contributed by atoms with Gasteiger partial charge in [0.25, 0.3) is 0 Å². The predicted octanol–water partition coefficient (Wildman–Crippen LogP) is 4.24. The predicted molar refractivity (Wildman–Crippen MR) is 102 cm³/mol. The molecule has 6 nitrogen and oxygen atoms in total. The maximum absolute atomic E-state index is 11.8. The molecule has 1 aromatic carbocycles. The van der Waals surface area contributed by atoms with Gasteiger partial charge in [0.05, 0.1) is 11.1 Å². The van der Waals surface area contributed by atoms with Crippen molar-refractivity contribution >= 4 is 21.9 Å². The molecule has 0 saturated carbocycles. The number of phenolic OH excluding ortho intramolecular Hbond substituents is 1. The molecule has 1 atom stereocenters. The van der Waals surface area contributed by atoms with Crippen molar-refractivity contribution in [3.63, 3.8) is 0 Å². The van der Waals surface area contributed by atoms with Gasteiger partial charge in [-0.05, 0) is 47.3 Å². The molecule has 0 fully saturated rings. The van der Waals surface area contributed by atoms with Gasteiger partial charge in [0.1, 0.15) is 0 Å². The van der Waals surface area contributed by atoms with Crippen molar-refractivity contribution < 1.29 is 19.4 Å². The average molecular weight is 423 g/mol. The lowest BCUT2D eigenvalue weighted by Crippen LogP contribution is -2.26. The molecule has 140 valence electrons. The molecule has 0 bridgehead atoms. The zero-order chi connectivity index (χ0) is 19.5. The summed E-state index contributed by atoms with van der Waals surface area (Å²) in [5, 5.41) is 10.8. The van der Waals surface area contributed by atoms with Crippen LogP contribution in [0.15, 0.2) is 29.0 Å². The van der Waals surface area contributed by atoms with E-state index in [2.05, 4.69) is 25.9 Å². The first kappa shape index (κ1) is 20.2. The van der Waals surface area contributed by atoms with Gasteiger partial charge in [-0.2, -0.15) is 0 Å². The van der Waals surface area contributed by atoms with Crippen molar-refractivity contribution in [2.45, 2.75) is 46.1 Å². The number of esters is 1. The molecule has 0 saturated heterocycles. The second-order valence-electron chi connectivity index (χ2n) is 6.82. The van der Waals surface area contributed by atoms with Crippen LogP contribution in [0.2, 0.25) is 0 Å². The highest BCUT2D eigenvalue weighted by Crippen LogP contribution is 2.43. The quantitative estimate of drug-likeness (QED) is 0.725. The first-order valence-electron chi connectivity index (χ1n) is 8.32. The second kappa shape index (κ2) is 8.03. The smallest absolute Gasteiger partial charge is 0.347 e. The summed E-state index contributed by atoms with van der Waals surface area (Å²) in [6.45, 7) is 9.51. The van der Waals surface area contributed by atoms with E-state index >= 15 is 0 Å². The average Bonchev–Trinajstić information content (AvgIpc) is 2.56. The van der Waals surface area contributed by atoms with Crippen LogP contribution >= 0.6 is 15.9 Å². The minimum Gasteiger partial charge on any atom is -0.504 e. The zero-order valence-electron chi connectivity index (χ0n) is 15.5. The number of hydrogen-bond acceptors (Lipinski definition) is 6. The molecule has 0 aliphatic carbocycles. The molecule has 0 aliphatic heterocycles. The summed E-state index contributed by atoms with van der Waals surface area (Å²) < 4.78 is 11.3. The molecule has 2 aromatic rings. The van der Waals surface area contributed by atoms with Gasteiger partial charge in [0.2, 0.25) is 0 Å². The maximum atomic E-state index is 11.8. The molecule has 0 spiro atoms. The molecule has 1 unspecified atom stereocenters. The number of hydrogen-bond donors (Lipinski definition) is 1. The van der Waals surface area contributed by atoms with Gasteiger partial charge < -0.3 is 14.6 Å². The van der Waals surface area contributed by atoms with Gasteiger partial charge >= 0.3 is 5.97 Å². The molecule has 2 rings (SSSR count).